The van der Waals surface area contributed by atoms with E-state index < -0.39 is 0 Å². The Hall–Kier alpha value is -3.65. The molecule has 2 aromatic carbocycles. The molecule has 0 saturated heterocycles. The number of ether oxygens (including phenoxy) is 4. The quantitative estimate of drug-likeness (QED) is 0.699. The highest BCUT2D eigenvalue weighted by Crippen LogP contribution is 2.39. The van der Waals surface area contributed by atoms with Gasteiger partial charge in [-0.15, -0.1) is 0 Å². The second kappa shape index (κ2) is 9.46. The summed E-state index contributed by atoms with van der Waals surface area (Å²) in [5, 5.41) is 3.31. The molecule has 33 heavy (non-hydrogen) atoms. The summed E-state index contributed by atoms with van der Waals surface area (Å²) in [4.78, 5) is 6.99. The summed E-state index contributed by atoms with van der Waals surface area (Å²) in [7, 11) is 8.66. The molecule has 0 amide bonds. The zero-order valence-corrected chi connectivity index (χ0v) is 19.6. The highest BCUT2D eigenvalue weighted by molar-refractivity contribution is 5.84. The molecule has 1 unspecified atom stereocenters. The van der Waals surface area contributed by atoms with E-state index in [2.05, 4.69) is 23.3 Å². The fraction of sp³-hybridized carbons (Fsp3) is 0.320. The summed E-state index contributed by atoms with van der Waals surface area (Å²) < 4.78 is 21.8. The normalized spacial score (nSPS) is 19.5. The van der Waals surface area contributed by atoms with Crippen LogP contribution in [0.2, 0.25) is 0 Å². The number of nitrogens with zero attached hydrogens (tertiary/aromatic N) is 2. The maximum Gasteiger partial charge on any atom is 0.194 e. The Morgan fingerprint density at radius 1 is 0.879 bits per heavy atom. The van der Waals surface area contributed by atoms with E-state index in [1.165, 1.54) is 0 Å². The lowest BCUT2D eigenvalue weighted by Gasteiger charge is -2.36. The number of methoxy groups -OCH3 is 4. The molecule has 0 aliphatic carbocycles. The van der Waals surface area contributed by atoms with Gasteiger partial charge in [0.05, 0.1) is 28.4 Å². The summed E-state index contributed by atoms with van der Waals surface area (Å²) in [5.74, 6) is 3.26. The van der Waals surface area contributed by atoms with Crippen molar-refractivity contribution in [1.82, 2.24) is 10.2 Å². The molecule has 2 aromatic rings. The maximum absolute atomic E-state index is 6.25. The van der Waals surface area contributed by atoms with Gasteiger partial charge in [0.1, 0.15) is 29.0 Å². The van der Waals surface area contributed by atoms with Crippen LogP contribution >= 0.6 is 0 Å². The third-order valence-corrected chi connectivity index (χ3v) is 5.78. The van der Waals surface area contributed by atoms with E-state index in [0.717, 1.165) is 52.6 Å². The van der Waals surface area contributed by atoms with E-state index in [9.17, 15) is 0 Å². The zero-order valence-electron chi connectivity index (χ0n) is 19.6. The molecule has 8 nitrogen and oxygen atoms in total. The van der Waals surface area contributed by atoms with E-state index in [0.29, 0.717) is 17.5 Å². The van der Waals surface area contributed by atoms with Crippen molar-refractivity contribution in [1.29, 1.82) is 0 Å². The average molecular weight is 451 g/mol. The van der Waals surface area contributed by atoms with Crippen molar-refractivity contribution in [2.24, 2.45) is 10.7 Å². The molecule has 0 fully saturated rings. The van der Waals surface area contributed by atoms with Gasteiger partial charge in [-0.1, -0.05) is 0 Å². The Bertz CT molecular complexity index is 1090. The lowest BCUT2D eigenvalue weighted by Crippen LogP contribution is -2.43. The molecule has 2 aliphatic rings. The first kappa shape index (κ1) is 22.5. The van der Waals surface area contributed by atoms with Gasteiger partial charge in [0.15, 0.2) is 5.96 Å². The first-order valence-electron chi connectivity index (χ1n) is 10.6. The predicted molar refractivity (Wildman–Crippen MR) is 129 cm³/mol. The van der Waals surface area contributed by atoms with E-state index in [-0.39, 0.29) is 6.04 Å². The Balaban J connectivity index is 1.82. The molecule has 174 valence electrons. The molecular weight excluding hydrogens is 420 g/mol. The van der Waals surface area contributed by atoms with E-state index in [1.807, 2.05) is 36.4 Å². The SMILES string of the molecule is COc1cc(/C=C2\CN(C)CC3=C2NC(N)=NC3c2cc(OC)cc(OC)c2)cc(OC)c1. The first-order chi connectivity index (χ1) is 15.9. The maximum atomic E-state index is 6.25. The van der Waals surface area contributed by atoms with Gasteiger partial charge in [-0.25, -0.2) is 4.99 Å². The molecule has 0 saturated carbocycles. The van der Waals surface area contributed by atoms with Crippen LogP contribution in [-0.2, 0) is 0 Å². The number of guanidine groups is 1. The van der Waals surface area contributed by atoms with Gasteiger partial charge in [0, 0.05) is 30.9 Å². The van der Waals surface area contributed by atoms with Crippen LogP contribution in [-0.4, -0.2) is 59.4 Å². The zero-order chi connectivity index (χ0) is 23.5. The van der Waals surface area contributed by atoms with Crippen LogP contribution < -0.4 is 30.0 Å². The predicted octanol–water partition coefficient (Wildman–Crippen LogP) is 2.96. The lowest BCUT2D eigenvalue weighted by atomic mass is 9.89. The van der Waals surface area contributed by atoms with Crippen LogP contribution in [0.4, 0.5) is 0 Å². The van der Waals surface area contributed by atoms with Crippen molar-refractivity contribution in [3.8, 4) is 23.0 Å². The van der Waals surface area contributed by atoms with Crippen LogP contribution in [0.3, 0.4) is 0 Å². The molecule has 3 N–H and O–H groups in total. The van der Waals surface area contributed by atoms with Crippen LogP contribution in [0, 0.1) is 0 Å². The van der Waals surface area contributed by atoms with Crippen molar-refractivity contribution >= 4 is 12.0 Å². The van der Waals surface area contributed by atoms with Crippen molar-refractivity contribution in [2.45, 2.75) is 6.04 Å². The average Bonchev–Trinajstić information content (AvgIpc) is 2.83. The summed E-state index contributed by atoms with van der Waals surface area (Å²) in [6.07, 6.45) is 2.13. The van der Waals surface area contributed by atoms with Gasteiger partial charge in [0.25, 0.3) is 0 Å². The third-order valence-electron chi connectivity index (χ3n) is 5.78. The van der Waals surface area contributed by atoms with E-state index in [4.69, 9.17) is 29.7 Å². The van der Waals surface area contributed by atoms with Crippen LogP contribution in [0.25, 0.3) is 6.08 Å². The topological polar surface area (TPSA) is 90.6 Å². The summed E-state index contributed by atoms with van der Waals surface area (Å²) >= 11 is 0. The number of hydrogen-bond donors (Lipinski definition) is 2. The minimum Gasteiger partial charge on any atom is -0.497 e. The van der Waals surface area contributed by atoms with Gasteiger partial charge in [0.2, 0.25) is 0 Å². The number of aliphatic imine (C=N–C) groups is 1. The van der Waals surface area contributed by atoms with Crippen molar-refractivity contribution in [3.63, 3.8) is 0 Å². The fourth-order valence-corrected chi connectivity index (χ4v) is 4.26. The standard InChI is InChI=1S/C25H30N4O4/c1-29-13-17(6-15-7-18(30-2)11-19(8-15)31-3)24-22(14-29)23(27-25(26)28-24)16-9-20(32-4)12-21(10-16)33-5/h6-12,23H,13-14H2,1-5H3,(H3,26,27,28)/b17-6+. The third kappa shape index (κ3) is 4.75. The van der Waals surface area contributed by atoms with Crippen molar-refractivity contribution in [3.05, 3.63) is 64.4 Å². The summed E-state index contributed by atoms with van der Waals surface area (Å²) in [6, 6.07) is 11.4. The lowest BCUT2D eigenvalue weighted by molar-refractivity contribution is 0.367. The van der Waals surface area contributed by atoms with Gasteiger partial charge in [-0.3, -0.25) is 4.90 Å². The molecule has 0 aromatic heterocycles. The first-order valence-corrected chi connectivity index (χ1v) is 10.6. The van der Waals surface area contributed by atoms with Gasteiger partial charge in [-0.2, -0.15) is 0 Å². The summed E-state index contributed by atoms with van der Waals surface area (Å²) in [5.41, 5.74) is 11.4. The Morgan fingerprint density at radius 2 is 1.42 bits per heavy atom. The van der Waals surface area contributed by atoms with E-state index >= 15 is 0 Å². The largest absolute Gasteiger partial charge is 0.497 e. The number of nitrogens with one attached hydrogen (secondary N) is 1. The van der Waals surface area contributed by atoms with Gasteiger partial charge >= 0.3 is 0 Å². The number of hydrogen-bond acceptors (Lipinski definition) is 8. The monoisotopic (exact) mass is 450 g/mol. The molecule has 4 rings (SSSR count). The number of rotatable bonds is 6. The molecular formula is C25H30N4O4. The Morgan fingerprint density at radius 3 is 1.97 bits per heavy atom. The molecule has 1 atom stereocenters. The van der Waals surface area contributed by atoms with Crippen LogP contribution in [0.5, 0.6) is 23.0 Å². The Kier molecular flexibility index (Phi) is 6.46. The highest BCUT2D eigenvalue weighted by atomic mass is 16.5. The smallest absolute Gasteiger partial charge is 0.194 e. The second-order valence-corrected chi connectivity index (χ2v) is 8.08. The Labute approximate surface area is 194 Å². The number of likely N-dealkylation sites (N-methyl/N-ethyl adjacent to an activating group) is 1. The molecule has 0 spiro atoms. The van der Waals surface area contributed by atoms with Crippen molar-refractivity contribution in [2.75, 3.05) is 48.6 Å². The summed E-state index contributed by atoms with van der Waals surface area (Å²) in [6.45, 7) is 1.51. The highest BCUT2D eigenvalue weighted by Gasteiger charge is 2.31. The molecule has 0 bridgehead atoms. The molecule has 2 heterocycles. The fourth-order valence-electron chi connectivity index (χ4n) is 4.26. The molecule has 2 aliphatic heterocycles. The minimum absolute atomic E-state index is 0.253. The van der Waals surface area contributed by atoms with Crippen molar-refractivity contribution < 1.29 is 18.9 Å². The van der Waals surface area contributed by atoms with Crippen LogP contribution in [0.1, 0.15) is 17.2 Å². The number of benzene rings is 2. The van der Waals surface area contributed by atoms with Crippen LogP contribution in [0.15, 0.2) is 58.2 Å². The minimum atomic E-state index is -0.253. The molecule has 0 radical (unpaired) electrons. The van der Waals surface area contributed by atoms with Gasteiger partial charge in [-0.05, 0) is 59.7 Å². The van der Waals surface area contributed by atoms with Gasteiger partial charge < -0.3 is 30.0 Å². The number of nitrogens with two attached hydrogens (primary N) is 1. The molecule has 8 heteroatoms. The van der Waals surface area contributed by atoms with E-state index in [1.54, 1.807) is 28.4 Å². The second-order valence-electron chi connectivity index (χ2n) is 8.08.